The lowest BCUT2D eigenvalue weighted by atomic mass is 10.00. The molecule has 0 heterocycles. The lowest BCUT2D eigenvalue weighted by Crippen LogP contribution is -2.48. The molecule has 0 bridgehead atoms. The quantitative estimate of drug-likeness (QED) is 0.382. The van der Waals surface area contributed by atoms with Gasteiger partial charge < -0.3 is 30.0 Å². The van der Waals surface area contributed by atoms with Crippen LogP contribution in [0.5, 0.6) is 17.2 Å². The standard InChI is InChI=1S/C27H32N2O5/c1-32-22-11-7-10-20(12-22)17-28-18-26(30)25(13-19-8-5-4-6-9-19)29-27(31)21-14-23(33-2)16-24(15-21)34-3/h4-12,14-16,25-26,28,30H,13,17-18H2,1-3H3,(H,29,31). The van der Waals surface area contributed by atoms with E-state index in [1.165, 1.54) is 14.2 Å². The second kappa shape index (κ2) is 12.6. The summed E-state index contributed by atoms with van der Waals surface area (Å²) >= 11 is 0. The predicted octanol–water partition coefficient (Wildman–Crippen LogP) is 3.20. The first-order valence-corrected chi connectivity index (χ1v) is 11.1. The number of nitrogens with one attached hydrogen (secondary N) is 2. The Morgan fingerprint density at radius 2 is 1.47 bits per heavy atom. The molecule has 7 heteroatoms. The normalized spacial score (nSPS) is 12.5. The highest BCUT2D eigenvalue weighted by Crippen LogP contribution is 2.22. The van der Waals surface area contributed by atoms with E-state index in [2.05, 4.69) is 10.6 Å². The van der Waals surface area contributed by atoms with E-state index in [1.54, 1.807) is 25.3 Å². The number of hydrogen-bond acceptors (Lipinski definition) is 6. The fraction of sp³-hybridized carbons (Fsp3) is 0.296. The van der Waals surface area contributed by atoms with Gasteiger partial charge in [0.2, 0.25) is 0 Å². The molecular weight excluding hydrogens is 432 g/mol. The molecule has 0 fully saturated rings. The summed E-state index contributed by atoms with van der Waals surface area (Å²) in [6.45, 7) is 0.865. The Morgan fingerprint density at radius 3 is 2.12 bits per heavy atom. The lowest BCUT2D eigenvalue weighted by molar-refractivity contribution is 0.0829. The Labute approximate surface area is 200 Å². The second-order valence-corrected chi connectivity index (χ2v) is 7.92. The van der Waals surface area contributed by atoms with Crippen LogP contribution in [0.4, 0.5) is 0 Å². The van der Waals surface area contributed by atoms with Crippen LogP contribution in [-0.2, 0) is 13.0 Å². The van der Waals surface area contributed by atoms with Crippen LogP contribution in [0, 0.1) is 0 Å². The third-order valence-electron chi connectivity index (χ3n) is 5.51. The van der Waals surface area contributed by atoms with Crippen LogP contribution in [0.3, 0.4) is 0 Å². The average Bonchev–Trinajstić information content (AvgIpc) is 2.88. The molecule has 0 saturated carbocycles. The van der Waals surface area contributed by atoms with Crippen LogP contribution in [0.1, 0.15) is 21.5 Å². The van der Waals surface area contributed by atoms with E-state index in [-0.39, 0.29) is 5.91 Å². The first-order valence-electron chi connectivity index (χ1n) is 11.1. The number of amides is 1. The van der Waals surface area contributed by atoms with Crippen molar-refractivity contribution in [3.05, 3.63) is 89.5 Å². The van der Waals surface area contributed by atoms with E-state index in [0.717, 1.165) is 16.9 Å². The first kappa shape index (κ1) is 25.1. The Balaban J connectivity index is 1.70. The highest BCUT2D eigenvalue weighted by molar-refractivity contribution is 5.95. The van der Waals surface area contributed by atoms with E-state index < -0.39 is 12.1 Å². The molecule has 7 nitrogen and oxygen atoms in total. The molecule has 0 aliphatic rings. The van der Waals surface area contributed by atoms with Crippen LogP contribution in [0.25, 0.3) is 0 Å². The van der Waals surface area contributed by atoms with Gasteiger partial charge in [-0.15, -0.1) is 0 Å². The minimum absolute atomic E-state index is 0.302. The van der Waals surface area contributed by atoms with Crippen molar-refractivity contribution in [1.82, 2.24) is 10.6 Å². The molecule has 0 radical (unpaired) electrons. The Bertz CT molecular complexity index is 1040. The molecule has 3 aromatic rings. The summed E-state index contributed by atoms with van der Waals surface area (Å²) in [5, 5.41) is 17.3. The molecule has 1 amide bonds. The molecule has 0 aromatic heterocycles. The van der Waals surface area contributed by atoms with Gasteiger partial charge in [0.05, 0.1) is 33.5 Å². The van der Waals surface area contributed by atoms with Crippen LogP contribution in [0.2, 0.25) is 0 Å². The van der Waals surface area contributed by atoms with Crippen molar-refractivity contribution in [2.24, 2.45) is 0 Å². The van der Waals surface area contributed by atoms with Crippen molar-refractivity contribution in [3.8, 4) is 17.2 Å². The molecule has 0 aliphatic heterocycles. The number of ether oxygens (including phenoxy) is 3. The summed E-state index contributed by atoms with van der Waals surface area (Å²) in [4.78, 5) is 13.1. The molecule has 3 N–H and O–H groups in total. The van der Waals surface area contributed by atoms with E-state index in [4.69, 9.17) is 14.2 Å². The van der Waals surface area contributed by atoms with E-state index in [9.17, 15) is 9.90 Å². The Hall–Kier alpha value is -3.55. The largest absolute Gasteiger partial charge is 0.497 e. The number of methoxy groups -OCH3 is 3. The smallest absolute Gasteiger partial charge is 0.251 e. The third kappa shape index (κ3) is 7.23. The van der Waals surface area contributed by atoms with Gasteiger partial charge >= 0.3 is 0 Å². The second-order valence-electron chi connectivity index (χ2n) is 7.92. The average molecular weight is 465 g/mol. The molecule has 2 atom stereocenters. The SMILES string of the molecule is COc1cccc(CNCC(O)C(Cc2ccccc2)NC(=O)c2cc(OC)cc(OC)c2)c1. The van der Waals surface area contributed by atoms with Crippen molar-refractivity contribution >= 4 is 5.91 Å². The number of hydrogen-bond donors (Lipinski definition) is 3. The maximum Gasteiger partial charge on any atom is 0.251 e. The fourth-order valence-corrected chi connectivity index (χ4v) is 3.63. The lowest BCUT2D eigenvalue weighted by Gasteiger charge is -2.25. The van der Waals surface area contributed by atoms with Crippen molar-refractivity contribution < 1.29 is 24.1 Å². The molecule has 3 rings (SSSR count). The summed E-state index contributed by atoms with van der Waals surface area (Å²) in [7, 11) is 4.70. The zero-order valence-electron chi connectivity index (χ0n) is 19.8. The number of aliphatic hydroxyl groups excluding tert-OH is 1. The van der Waals surface area contributed by atoms with Gasteiger partial charge in [0.1, 0.15) is 17.2 Å². The van der Waals surface area contributed by atoms with Crippen molar-refractivity contribution in [2.45, 2.75) is 25.1 Å². The van der Waals surface area contributed by atoms with Gasteiger partial charge in [-0.25, -0.2) is 0 Å². The molecular formula is C27H32N2O5. The number of benzene rings is 3. The number of aliphatic hydroxyl groups is 1. The zero-order chi connectivity index (χ0) is 24.3. The summed E-state index contributed by atoms with van der Waals surface area (Å²) < 4.78 is 15.8. The first-order chi connectivity index (χ1) is 16.5. The zero-order valence-corrected chi connectivity index (χ0v) is 19.8. The molecule has 0 aliphatic carbocycles. The highest BCUT2D eigenvalue weighted by Gasteiger charge is 2.23. The molecule has 0 spiro atoms. The summed E-state index contributed by atoms with van der Waals surface area (Å²) in [6.07, 6.45) is -0.336. The van der Waals surface area contributed by atoms with Gasteiger partial charge in [-0.3, -0.25) is 4.79 Å². The Kier molecular flexibility index (Phi) is 9.31. The van der Waals surface area contributed by atoms with Gasteiger partial charge in [-0.2, -0.15) is 0 Å². The summed E-state index contributed by atoms with van der Waals surface area (Å²) in [5.74, 6) is 1.50. The van der Waals surface area contributed by atoms with Gasteiger partial charge in [0.15, 0.2) is 0 Å². The topological polar surface area (TPSA) is 89.1 Å². The molecule has 2 unspecified atom stereocenters. The highest BCUT2D eigenvalue weighted by atomic mass is 16.5. The maximum absolute atomic E-state index is 13.1. The van der Waals surface area contributed by atoms with Gasteiger partial charge in [-0.05, 0) is 41.8 Å². The predicted molar refractivity (Wildman–Crippen MR) is 132 cm³/mol. The monoisotopic (exact) mass is 464 g/mol. The van der Waals surface area contributed by atoms with Crippen LogP contribution >= 0.6 is 0 Å². The van der Waals surface area contributed by atoms with E-state index in [1.807, 2.05) is 54.6 Å². The summed E-state index contributed by atoms with van der Waals surface area (Å²) in [6, 6.07) is 22.0. The number of rotatable bonds is 12. The number of carbonyl (C=O) groups excluding carboxylic acids is 1. The molecule has 180 valence electrons. The van der Waals surface area contributed by atoms with E-state index in [0.29, 0.717) is 36.6 Å². The maximum atomic E-state index is 13.1. The molecule has 34 heavy (non-hydrogen) atoms. The van der Waals surface area contributed by atoms with Crippen molar-refractivity contribution in [3.63, 3.8) is 0 Å². The van der Waals surface area contributed by atoms with Gasteiger partial charge in [-0.1, -0.05) is 42.5 Å². The molecule has 3 aromatic carbocycles. The van der Waals surface area contributed by atoms with Gasteiger partial charge in [0, 0.05) is 24.7 Å². The van der Waals surface area contributed by atoms with Crippen molar-refractivity contribution in [2.75, 3.05) is 27.9 Å². The minimum atomic E-state index is -0.817. The van der Waals surface area contributed by atoms with Crippen molar-refractivity contribution in [1.29, 1.82) is 0 Å². The minimum Gasteiger partial charge on any atom is -0.497 e. The fourth-order valence-electron chi connectivity index (χ4n) is 3.63. The van der Waals surface area contributed by atoms with Crippen LogP contribution < -0.4 is 24.8 Å². The Morgan fingerprint density at radius 1 is 0.824 bits per heavy atom. The van der Waals surface area contributed by atoms with Crippen LogP contribution in [-0.4, -0.2) is 51.0 Å². The van der Waals surface area contributed by atoms with E-state index >= 15 is 0 Å². The van der Waals surface area contributed by atoms with Gasteiger partial charge in [0.25, 0.3) is 5.91 Å². The molecule has 0 saturated heterocycles. The summed E-state index contributed by atoms with van der Waals surface area (Å²) in [5.41, 5.74) is 2.45. The third-order valence-corrected chi connectivity index (χ3v) is 5.51. The van der Waals surface area contributed by atoms with Crippen LogP contribution in [0.15, 0.2) is 72.8 Å². The number of carbonyl (C=O) groups is 1.